The number of rotatable bonds is 14. The maximum atomic E-state index is 13.8. The predicted molar refractivity (Wildman–Crippen MR) is 170 cm³/mol. The molecule has 9 nitrogen and oxygen atoms in total. The fourth-order valence-electron chi connectivity index (χ4n) is 4.62. The van der Waals surface area contributed by atoms with Gasteiger partial charge in [0.2, 0.25) is 11.8 Å². The van der Waals surface area contributed by atoms with Crippen molar-refractivity contribution in [3.63, 3.8) is 0 Å². The van der Waals surface area contributed by atoms with E-state index in [0.717, 1.165) is 27.8 Å². The molecular weight excluding hydrogens is 554 g/mol. The van der Waals surface area contributed by atoms with E-state index >= 15 is 0 Å². The molecule has 0 aliphatic carbocycles. The number of amides is 3. The quantitative estimate of drug-likeness (QED) is 0.176. The number of ether oxygens (including phenoxy) is 1. The van der Waals surface area contributed by atoms with Crippen molar-refractivity contribution in [2.75, 3.05) is 6.61 Å². The highest BCUT2D eigenvalue weighted by Crippen LogP contribution is 2.15. The molecule has 0 bridgehead atoms. The number of nitrogens with two attached hydrogens (primary N) is 1. The first-order chi connectivity index (χ1) is 21.3. The summed E-state index contributed by atoms with van der Waals surface area (Å²) in [5.41, 5.74) is 10.7. The molecule has 4 rings (SSSR count). The van der Waals surface area contributed by atoms with Gasteiger partial charge in [0.15, 0.2) is 0 Å². The summed E-state index contributed by atoms with van der Waals surface area (Å²) in [5, 5.41) is 8.72. The number of benzene rings is 3. The molecule has 44 heavy (non-hydrogen) atoms. The lowest BCUT2D eigenvalue weighted by atomic mass is 10.0. The van der Waals surface area contributed by atoms with Gasteiger partial charge in [-0.1, -0.05) is 60.2 Å². The highest BCUT2D eigenvalue weighted by molar-refractivity contribution is 5.98. The fraction of sp³-hybridized carbons (Fsp3) is 0.257. The number of hydrogen-bond acceptors (Lipinski definition) is 6. The standard InChI is InChI=1S/C35H39N5O4/c1-3-44-30-16-12-25(13-17-30)19-32(39-33(41)29-14-6-24(2)7-15-29)35(43)40-31(20-28-5-4-18-37-22-28)34(42)38-23-27-10-8-26(21-36)9-11-27/h4-18,22,31-32H,3,19-21,23,36H2,1-2H3,(H,38,42)(H,39,41)(H,40,43)/t31-,32+/m0/s1. The minimum Gasteiger partial charge on any atom is -0.494 e. The van der Waals surface area contributed by atoms with Crippen LogP contribution in [0.2, 0.25) is 0 Å². The maximum absolute atomic E-state index is 13.8. The van der Waals surface area contributed by atoms with Crippen LogP contribution in [0.5, 0.6) is 5.75 Å². The first-order valence-corrected chi connectivity index (χ1v) is 14.7. The Morgan fingerprint density at radius 2 is 1.41 bits per heavy atom. The maximum Gasteiger partial charge on any atom is 0.251 e. The first-order valence-electron chi connectivity index (χ1n) is 14.7. The molecule has 0 spiro atoms. The van der Waals surface area contributed by atoms with Crippen molar-refractivity contribution in [1.82, 2.24) is 20.9 Å². The van der Waals surface area contributed by atoms with Crippen molar-refractivity contribution < 1.29 is 19.1 Å². The van der Waals surface area contributed by atoms with Crippen molar-refractivity contribution in [1.29, 1.82) is 0 Å². The van der Waals surface area contributed by atoms with Crippen molar-refractivity contribution in [2.45, 2.75) is 51.9 Å². The lowest BCUT2D eigenvalue weighted by molar-refractivity contribution is -0.130. The van der Waals surface area contributed by atoms with Crippen LogP contribution >= 0.6 is 0 Å². The van der Waals surface area contributed by atoms with Crippen LogP contribution in [0, 0.1) is 6.92 Å². The number of hydrogen-bond donors (Lipinski definition) is 4. The lowest BCUT2D eigenvalue weighted by Gasteiger charge is -2.24. The summed E-state index contributed by atoms with van der Waals surface area (Å²) in [6.45, 7) is 5.10. The third-order valence-electron chi connectivity index (χ3n) is 7.13. The average Bonchev–Trinajstić information content (AvgIpc) is 3.05. The lowest BCUT2D eigenvalue weighted by Crippen LogP contribution is -2.55. The number of carbonyl (C=O) groups is 3. The summed E-state index contributed by atoms with van der Waals surface area (Å²) in [4.78, 5) is 44.7. The Labute approximate surface area is 258 Å². The highest BCUT2D eigenvalue weighted by Gasteiger charge is 2.28. The molecule has 0 saturated carbocycles. The third-order valence-corrected chi connectivity index (χ3v) is 7.13. The van der Waals surface area contributed by atoms with Gasteiger partial charge in [-0.05, 0) is 66.4 Å². The molecule has 1 aromatic heterocycles. The Bertz CT molecular complexity index is 1510. The van der Waals surface area contributed by atoms with Crippen LogP contribution in [0.4, 0.5) is 0 Å². The summed E-state index contributed by atoms with van der Waals surface area (Å²) < 4.78 is 5.54. The predicted octanol–water partition coefficient (Wildman–Crippen LogP) is 3.63. The smallest absolute Gasteiger partial charge is 0.251 e. The normalized spacial score (nSPS) is 12.1. The van der Waals surface area contributed by atoms with E-state index in [4.69, 9.17) is 10.5 Å². The van der Waals surface area contributed by atoms with Gasteiger partial charge in [-0.15, -0.1) is 0 Å². The number of nitrogens with one attached hydrogen (secondary N) is 3. The SMILES string of the molecule is CCOc1ccc(C[C@@H](NC(=O)c2ccc(C)cc2)C(=O)N[C@@H](Cc2cccnc2)C(=O)NCc2ccc(CN)cc2)cc1. The zero-order valence-corrected chi connectivity index (χ0v) is 25.1. The van der Waals surface area contributed by atoms with Gasteiger partial charge in [-0.25, -0.2) is 0 Å². The number of pyridine rings is 1. The van der Waals surface area contributed by atoms with Gasteiger partial charge in [0.1, 0.15) is 17.8 Å². The second-order valence-electron chi connectivity index (χ2n) is 10.5. The topological polar surface area (TPSA) is 135 Å². The molecule has 0 aliphatic heterocycles. The van der Waals surface area contributed by atoms with Crippen LogP contribution in [0.25, 0.3) is 0 Å². The van der Waals surface area contributed by atoms with E-state index in [-0.39, 0.29) is 31.2 Å². The van der Waals surface area contributed by atoms with Gasteiger partial charge in [0.25, 0.3) is 5.91 Å². The van der Waals surface area contributed by atoms with Gasteiger partial charge in [-0.3, -0.25) is 19.4 Å². The van der Waals surface area contributed by atoms with Gasteiger partial charge in [0.05, 0.1) is 6.61 Å². The molecule has 0 radical (unpaired) electrons. The molecule has 0 aliphatic rings. The molecule has 5 N–H and O–H groups in total. The second kappa shape index (κ2) is 16.0. The molecular formula is C35H39N5O4. The monoisotopic (exact) mass is 593 g/mol. The van der Waals surface area contributed by atoms with E-state index in [1.54, 1.807) is 30.6 Å². The number of nitrogens with zero attached hydrogens (tertiary/aromatic N) is 1. The third kappa shape index (κ3) is 9.50. The van der Waals surface area contributed by atoms with Crippen LogP contribution in [0.15, 0.2) is 97.3 Å². The number of aryl methyl sites for hydroxylation is 1. The Kier molecular flexibility index (Phi) is 11.6. The summed E-state index contributed by atoms with van der Waals surface area (Å²) in [5.74, 6) is -0.498. The van der Waals surface area contributed by atoms with Gasteiger partial charge in [-0.2, -0.15) is 0 Å². The minimum atomic E-state index is -0.949. The van der Waals surface area contributed by atoms with Crippen LogP contribution < -0.4 is 26.4 Å². The number of carbonyl (C=O) groups excluding carboxylic acids is 3. The Balaban J connectivity index is 1.53. The van der Waals surface area contributed by atoms with E-state index in [1.165, 1.54) is 0 Å². The molecule has 4 aromatic rings. The van der Waals surface area contributed by atoms with E-state index in [0.29, 0.717) is 24.5 Å². The van der Waals surface area contributed by atoms with E-state index in [1.807, 2.05) is 80.6 Å². The Morgan fingerprint density at radius 1 is 0.773 bits per heavy atom. The van der Waals surface area contributed by atoms with Crippen LogP contribution in [0.3, 0.4) is 0 Å². The summed E-state index contributed by atoms with van der Waals surface area (Å²) in [6.07, 6.45) is 3.74. The second-order valence-corrected chi connectivity index (χ2v) is 10.5. The summed E-state index contributed by atoms with van der Waals surface area (Å²) >= 11 is 0. The fourth-order valence-corrected chi connectivity index (χ4v) is 4.62. The summed E-state index contributed by atoms with van der Waals surface area (Å²) in [6, 6.07) is 23.9. The molecule has 0 unspecified atom stereocenters. The molecule has 1 heterocycles. The minimum absolute atomic E-state index is 0.213. The summed E-state index contributed by atoms with van der Waals surface area (Å²) in [7, 11) is 0. The molecule has 228 valence electrons. The Morgan fingerprint density at radius 3 is 2.05 bits per heavy atom. The van der Waals surface area contributed by atoms with Crippen molar-refractivity contribution in [3.05, 3.63) is 131 Å². The molecule has 3 amide bonds. The molecule has 9 heteroatoms. The van der Waals surface area contributed by atoms with E-state index in [9.17, 15) is 14.4 Å². The van der Waals surface area contributed by atoms with Crippen molar-refractivity contribution in [3.8, 4) is 5.75 Å². The zero-order chi connectivity index (χ0) is 31.3. The van der Waals surface area contributed by atoms with Gasteiger partial charge < -0.3 is 26.4 Å². The largest absolute Gasteiger partial charge is 0.494 e. The Hall–Kier alpha value is -5.02. The van der Waals surface area contributed by atoms with Crippen molar-refractivity contribution >= 4 is 17.7 Å². The average molecular weight is 594 g/mol. The van der Waals surface area contributed by atoms with E-state index in [2.05, 4.69) is 20.9 Å². The zero-order valence-electron chi connectivity index (χ0n) is 25.1. The first kappa shape index (κ1) is 31.9. The molecule has 3 aromatic carbocycles. The van der Waals surface area contributed by atoms with Crippen molar-refractivity contribution in [2.24, 2.45) is 5.73 Å². The molecule has 2 atom stereocenters. The number of aromatic nitrogens is 1. The van der Waals surface area contributed by atoms with Crippen LogP contribution in [-0.2, 0) is 35.5 Å². The van der Waals surface area contributed by atoms with Gasteiger partial charge >= 0.3 is 0 Å². The van der Waals surface area contributed by atoms with Crippen LogP contribution in [0.1, 0.15) is 45.1 Å². The molecule has 0 saturated heterocycles. The molecule has 0 fully saturated rings. The highest BCUT2D eigenvalue weighted by atomic mass is 16.5. The van der Waals surface area contributed by atoms with E-state index < -0.39 is 18.0 Å². The van der Waals surface area contributed by atoms with Gasteiger partial charge in [0, 0.05) is 43.9 Å². The van der Waals surface area contributed by atoms with Crippen LogP contribution in [-0.4, -0.2) is 41.4 Å².